The fourth-order valence-electron chi connectivity index (χ4n) is 3.07. The van der Waals surface area contributed by atoms with E-state index in [0.717, 1.165) is 17.9 Å². The number of methoxy groups -OCH3 is 1. The summed E-state index contributed by atoms with van der Waals surface area (Å²) in [5, 5.41) is 13.7. The Hall–Kier alpha value is -3.34. The fourth-order valence-corrected chi connectivity index (χ4v) is 3.07. The number of hydrogen-bond donors (Lipinski definition) is 2. The first kappa shape index (κ1) is 21.4. The van der Waals surface area contributed by atoms with Crippen molar-refractivity contribution in [3.05, 3.63) is 52.8 Å². The Labute approximate surface area is 168 Å². The van der Waals surface area contributed by atoms with Gasteiger partial charge in [0.05, 0.1) is 31.1 Å². The number of nitrogens with one attached hydrogen (secondary N) is 1. The predicted octanol–water partition coefficient (Wildman–Crippen LogP) is 3.11. The van der Waals surface area contributed by atoms with E-state index in [1.54, 1.807) is 6.07 Å². The van der Waals surface area contributed by atoms with E-state index in [-0.39, 0.29) is 16.8 Å². The van der Waals surface area contributed by atoms with Gasteiger partial charge >= 0.3 is 12.3 Å². The number of alkyl halides is 3. The lowest BCUT2D eigenvalue weighted by molar-refractivity contribution is -0.144. The summed E-state index contributed by atoms with van der Waals surface area (Å²) in [6.07, 6.45) is -2.17. The largest absolute Gasteiger partial charge is 0.452 e. The lowest BCUT2D eigenvalue weighted by atomic mass is 10.1. The van der Waals surface area contributed by atoms with Crippen LogP contribution in [0.25, 0.3) is 22.4 Å². The van der Waals surface area contributed by atoms with E-state index >= 15 is 0 Å². The van der Waals surface area contributed by atoms with Crippen molar-refractivity contribution in [3.63, 3.8) is 0 Å². The normalized spacial score (nSPS) is 12.2. The van der Waals surface area contributed by atoms with Crippen molar-refractivity contribution in [1.82, 2.24) is 19.3 Å². The number of carbonyl (C=O) groups is 1. The highest BCUT2D eigenvalue weighted by Crippen LogP contribution is 2.39. The molecule has 3 rings (SSSR count). The number of pyridine rings is 1. The van der Waals surface area contributed by atoms with Gasteiger partial charge in [0.15, 0.2) is 5.69 Å². The Morgan fingerprint density at radius 1 is 1.30 bits per heavy atom. The first-order valence-electron chi connectivity index (χ1n) is 8.77. The van der Waals surface area contributed by atoms with E-state index in [1.807, 2.05) is 0 Å². The van der Waals surface area contributed by atoms with Crippen LogP contribution in [-0.2, 0) is 17.5 Å². The number of aromatic amines is 1. The lowest BCUT2D eigenvalue weighted by Gasteiger charge is -2.20. The van der Waals surface area contributed by atoms with E-state index in [0.29, 0.717) is 4.68 Å². The minimum atomic E-state index is -4.83. The van der Waals surface area contributed by atoms with Gasteiger partial charge in [0.1, 0.15) is 0 Å². The standard InChI is InChI=1S/C19H19F3N4O4/c1-18(2,29)10-26-15(19(20,21)22)13(8-24-26)14-7-11(9-25(14)17(28)30-3)12-5-4-6-23-16(12)27/h4-9,29H,10H2,1-3H3,(H,23,27). The number of halogens is 3. The van der Waals surface area contributed by atoms with Crippen LogP contribution in [0.3, 0.4) is 0 Å². The summed E-state index contributed by atoms with van der Waals surface area (Å²) in [5.74, 6) is 0. The summed E-state index contributed by atoms with van der Waals surface area (Å²) in [6.45, 7) is 2.28. The molecule has 0 atom stereocenters. The third kappa shape index (κ3) is 4.15. The Morgan fingerprint density at radius 2 is 2.00 bits per heavy atom. The van der Waals surface area contributed by atoms with E-state index in [4.69, 9.17) is 0 Å². The summed E-state index contributed by atoms with van der Waals surface area (Å²) in [4.78, 5) is 26.8. The number of H-pyrrole nitrogens is 1. The van der Waals surface area contributed by atoms with Crippen LogP contribution >= 0.6 is 0 Å². The highest BCUT2D eigenvalue weighted by Gasteiger charge is 2.40. The molecule has 30 heavy (non-hydrogen) atoms. The first-order chi connectivity index (χ1) is 13.9. The minimum absolute atomic E-state index is 0.158. The number of aliphatic hydroxyl groups is 1. The van der Waals surface area contributed by atoms with Gasteiger partial charge in [-0.15, -0.1) is 0 Å². The predicted molar refractivity (Wildman–Crippen MR) is 101 cm³/mol. The van der Waals surface area contributed by atoms with Crippen molar-refractivity contribution in [3.8, 4) is 22.4 Å². The maximum atomic E-state index is 13.9. The Bertz CT molecular complexity index is 1140. The molecule has 0 amide bonds. The van der Waals surface area contributed by atoms with Gasteiger partial charge < -0.3 is 14.8 Å². The van der Waals surface area contributed by atoms with Crippen molar-refractivity contribution >= 4 is 6.09 Å². The van der Waals surface area contributed by atoms with Gasteiger partial charge in [-0.3, -0.25) is 14.0 Å². The van der Waals surface area contributed by atoms with Gasteiger partial charge in [-0.05, 0) is 32.0 Å². The topological polar surface area (TPSA) is 102 Å². The Morgan fingerprint density at radius 3 is 2.57 bits per heavy atom. The smallest absolute Gasteiger partial charge is 0.433 e. The highest BCUT2D eigenvalue weighted by molar-refractivity contribution is 5.83. The summed E-state index contributed by atoms with van der Waals surface area (Å²) in [5.41, 5.74) is -3.23. The number of ether oxygens (including phenoxy) is 1. The number of nitrogens with zero attached hydrogens (tertiary/aromatic N) is 3. The van der Waals surface area contributed by atoms with Gasteiger partial charge in [-0.1, -0.05) is 0 Å². The molecule has 0 bridgehead atoms. The highest BCUT2D eigenvalue weighted by atomic mass is 19.4. The molecule has 0 aromatic carbocycles. The van der Waals surface area contributed by atoms with Crippen LogP contribution in [0.4, 0.5) is 18.0 Å². The molecule has 160 valence electrons. The van der Waals surface area contributed by atoms with Gasteiger partial charge in [-0.2, -0.15) is 18.3 Å². The molecule has 2 N–H and O–H groups in total. The van der Waals surface area contributed by atoms with Crippen LogP contribution < -0.4 is 5.56 Å². The SMILES string of the molecule is COC(=O)n1cc(-c2ccc[nH]c2=O)cc1-c1cnn(CC(C)(C)O)c1C(F)(F)F. The maximum Gasteiger partial charge on any atom is 0.433 e. The quantitative estimate of drug-likeness (QED) is 0.670. The molecule has 11 heteroatoms. The average Bonchev–Trinajstić information content (AvgIpc) is 3.23. The molecule has 0 saturated carbocycles. The lowest BCUT2D eigenvalue weighted by Crippen LogP contribution is -2.29. The molecule has 3 aromatic heterocycles. The molecule has 8 nitrogen and oxygen atoms in total. The number of aromatic nitrogens is 4. The first-order valence-corrected chi connectivity index (χ1v) is 8.77. The van der Waals surface area contributed by atoms with E-state index in [9.17, 15) is 27.9 Å². The second-order valence-electron chi connectivity index (χ2n) is 7.24. The van der Waals surface area contributed by atoms with Crippen molar-refractivity contribution in [2.45, 2.75) is 32.2 Å². The molecule has 0 radical (unpaired) electrons. The summed E-state index contributed by atoms with van der Waals surface area (Å²) >= 11 is 0. The summed E-state index contributed by atoms with van der Waals surface area (Å²) < 4.78 is 47.9. The summed E-state index contributed by atoms with van der Waals surface area (Å²) in [6, 6.07) is 4.30. The van der Waals surface area contributed by atoms with Gasteiger partial charge in [-0.25, -0.2) is 4.79 Å². The van der Waals surface area contributed by atoms with Crippen LogP contribution in [-0.4, -0.2) is 43.2 Å². The number of hydrogen-bond acceptors (Lipinski definition) is 5. The van der Waals surface area contributed by atoms with Crippen LogP contribution in [0.5, 0.6) is 0 Å². The van der Waals surface area contributed by atoms with Gasteiger partial charge in [0.2, 0.25) is 0 Å². The summed E-state index contributed by atoms with van der Waals surface area (Å²) in [7, 11) is 1.09. The molecule has 0 fully saturated rings. The second-order valence-corrected chi connectivity index (χ2v) is 7.24. The molecule has 3 aromatic rings. The zero-order valence-electron chi connectivity index (χ0n) is 16.3. The van der Waals surface area contributed by atoms with Crippen molar-refractivity contribution < 1.29 is 27.8 Å². The third-order valence-corrected chi connectivity index (χ3v) is 4.24. The van der Waals surface area contributed by atoms with Crippen molar-refractivity contribution in [2.75, 3.05) is 7.11 Å². The van der Waals surface area contributed by atoms with Crippen molar-refractivity contribution in [1.29, 1.82) is 0 Å². The zero-order chi connectivity index (χ0) is 22.3. The Kier molecular flexibility index (Phi) is 5.33. The number of carbonyl (C=O) groups excluding carboxylic acids is 1. The second kappa shape index (κ2) is 7.48. The van der Waals surface area contributed by atoms with Crippen molar-refractivity contribution in [2.24, 2.45) is 0 Å². The number of rotatable bonds is 4. The van der Waals surface area contributed by atoms with Crippen LogP contribution in [0.15, 0.2) is 41.6 Å². The average molecular weight is 424 g/mol. The van der Waals surface area contributed by atoms with E-state index < -0.39 is 41.2 Å². The maximum absolute atomic E-state index is 13.9. The van der Waals surface area contributed by atoms with Gasteiger partial charge in [0.25, 0.3) is 5.56 Å². The zero-order valence-corrected chi connectivity index (χ0v) is 16.3. The fraction of sp³-hybridized carbons (Fsp3) is 0.316. The van der Waals surface area contributed by atoms with Gasteiger partial charge in [0, 0.05) is 29.1 Å². The molecule has 0 saturated heterocycles. The molecular formula is C19H19F3N4O4. The monoisotopic (exact) mass is 424 g/mol. The van der Waals surface area contributed by atoms with Crippen LogP contribution in [0.1, 0.15) is 19.5 Å². The van der Waals surface area contributed by atoms with E-state index in [2.05, 4.69) is 14.8 Å². The molecule has 0 aliphatic heterocycles. The molecule has 0 aliphatic rings. The molecule has 3 heterocycles. The minimum Gasteiger partial charge on any atom is -0.452 e. The molecule has 0 aliphatic carbocycles. The van der Waals surface area contributed by atoms with Crippen LogP contribution in [0.2, 0.25) is 0 Å². The molecule has 0 unspecified atom stereocenters. The molecule has 0 spiro atoms. The van der Waals surface area contributed by atoms with E-state index in [1.165, 1.54) is 38.4 Å². The Balaban J connectivity index is 2.26. The van der Waals surface area contributed by atoms with Crippen LogP contribution in [0, 0.1) is 0 Å². The third-order valence-electron chi connectivity index (χ3n) is 4.24. The molecular weight excluding hydrogens is 405 g/mol.